The number of aromatic nitrogens is 1. The zero-order valence-corrected chi connectivity index (χ0v) is 10.6. The summed E-state index contributed by atoms with van der Waals surface area (Å²) in [4.78, 5) is 4.33. The van der Waals surface area contributed by atoms with E-state index in [0.717, 1.165) is 20.9 Å². The van der Waals surface area contributed by atoms with Gasteiger partial charge in [0, 0.05) is 11.1 Å². The first-order chi connectivity index (χ1) is 7.25. The van der Waals surface area contributed by atoms with Crippen molar-refractivity contribution in [1.82, 2.24) is 4.98 Å². The molecule has 1 heterocycles. The van der Waals surface area contributed by atoms with Crippen LogP contribution in [0.3, 0.4) is 0 Å². The van der Waals surface area contributed by atoms with Gasteiger partial charge in [0.15, 0.2) is 0 Å². The van der Waals surface area contributed by atoms with Crippen LogP contribution in [0.4, 0.5) is 0 Å². The van der Waals surface area contributed by atoms with Crippen LogP contribution in [-0.4, -0.2) is 4.98 Å². The third-order valence-electron chi connectivity index (χ3n) is 1.85. The second kappa shape index (κ2) is 4.77. The zero-order chi connectivity index (χ0) is 10.7. The van der Waals surface area contributed by atoms with Gasteiger partial charge in [-0.1, -0.05) is 12.1 Å². The Hall–Kier alpha value is -0.870. The number of halogens is 1. The van der Waals surface area contributed by atoms with Crippen molar-refractivity contribution in [1.29, 1.82) is 0 Å². The Morgan fingerprint density at radius 2 is 2.20 bits per heavy atom. The highest BCUT2D eigenvalue weighted by atomic mass is 79.9. The van der Waals surface area contributed by atoms with Crippen molar-refractivity contribution in [3.05, 3.63) is 44.8 Å². The van der Waals surface area contributed by atoms with Gasteiger partial charge in [0.25, 0.3) is 0 Å². The molecule has 0 unspecified atom stereocenters. The fourth-order valence-electron chi connectivity index (χ4n) is 1.17. The van der Waals surface area contributed by atoms with E-state index in [9.17, 15) is 0 Å². The van der Waals surface area contributed by atoms with Gasteiger partial charge < -0.3 is 4.74 Å². The molecule has 0 saturated heterocycles. The molecule has 2 nitrogen and oxygen atoms in total. The summed E-state index contributed by atoms with van der Waals surface area (Å²) in [7, 11) is 0. The lowest BCUT2D eigenvalue weighted by molar-refractivity contribution is 0.303. The van der Waals surface area contributed by atoms with Gasteiger partial charge in [-0.2, -0.15) is 0 Å². The Bertz CT molecular complexity index is 455. The van der Waals surface area contributed by atoms with E-state index in [4.69, 9.17) is 4.74 Å². The van der Waals surface area contributed by atoms with Crippen molar-refractivity contribution < 1.29 is 4.74 Å². The number of hydrogen-bond donors (Lipinski definition) is 0. The number of para-hydroxylation sites is 1. The molecule has 2 rings (SSSR count). The minimum atomic E-state index is 0.529. The molecule has 1 aromatic carbocycles. The first-order valence-electron chi connectivity index (χ1n) is 4.54. The fourth-order valence-corrected chi connectivity index (χ4v) is 2.25. The minimum Gasteiger partial charge on any atom is -0.485 e. The molecule has 0 N–H and O–H groups in total. The van der Waals surface area contributed by atoms with E-state index in [1.807, 2.05) is 36.6 Å². The summed E-state index contributed by atoms with van der Waals surface area (Å²) in [6.45, 7) is 2.51. The molecule has 2 aromatic rings. The van der Waals surface area contributed by atoms with Crippen LogP contribution < -0.4 is 4.74 Å². The molecular weight excluding hydrogens is 274 g/mol. The third kappa shape index (κ3) is 2.79. The molecule has 0 radical (unpaired) electrons. The van der Waals surface area contributed by atoms with Crippen LogP contribution in [-0.2, 0) is 6.61 Å². The van der Waals surface area contributed by atoms with Crippen LogP contribution in [0, 0.1) is 6.92 Å². The number of aryl methyl sites for hydroxylation is 1. The van der Waals surface area contributed by atoms with E-state index in [-0.39, 0.29) is 0 Å². The molecule has 0 spiro atoms. The Kier molecular flexibility index (Phi) is 3.38. The van der Waals surface area contributed by atoms with Crippen molar-refractivity contribution in [3.8, 4) is 5.75 Å². The molecule has 78 valence electrons. The Labute approximate surface area is 101 Å². The maximum atomic E-state index is 5.64. The summed E-state index contributed by atoms with van der Waals surface area (Å²) in [5.41, 5.74) is 1.05. The molecule has 0 amide bonds. The second-order valence-electron chi connectivity index (χ2n) is 3.10. The van der Waals surface area contributed by atoms with E-state index >= 15 is 0 Å². The van der Waals surface area contributed by atoms with Gasteiger partial charge in [0.05, 0.1) is 4.47 Å². The number of nitrogens with zero attached hydrogens (tertiary/aromatic N) is 1. The smallest absolute Gasteiger partial charge is 0.140 e. The normalized spacial score (nSPS) is 10.3. The van der Waals surface area contributed by atoms with Crippen LogP contribution in [0.2, 0.25) is 0 Å². The van der Waals surface area contributed by atoms with Gasteiger partial charge in [-0.05, 0) is 35.0 Å². The highest BCUT2D eigenvalue weighted by Crippen LogP contribution is 2.25. The van der Waals surface area contributed by atoms with E-state index in [1.165, 1.54) is 0 Å². The van der Waals surface area contributed by atoms with Crippen molar-refractivity contribution >= 4 is 27.3 Å². The molecular formula is C11H10BrNOS. The molecule has 0 bridgehead atoms. The highest BCUT2D eigenvalue weighted by molar-refractivity contribution is 9.10. The summed E-state index contributed by atoms with van der Waals surface area (Å²) in [6.07, 6.45) is 0. The van der Waals surface area contributed by atoms with E-state index in [2.05, 4.69) is 20.9 Å². The molecule has 0 saturated carbocycles. The van der Waals surface area contributed by atoms with Crippen LogP contribution in [0.15, 0.2) is 34.1 Å². The molecule has 15 heavy (non-hydrogen) atoms. The summed E-state index contributed by atoms with van der Waals surface area (Å²) < 4.78 is 6.61. The van der Waals surface area contributed by atoms with Crippen molar-refractivity contribution in [2.75, 3.05) is 0 Å². The monoisotopic (exact) mass is 283 g/mol. The largest absolute Gasteiger partial charge is 0.485 e. The van der Waals surface area contributed by atoms with E-state index in [1.54, 1.807) is 11.3 Å². The van der Waals surface area contributed by atoms with Gasteiger partial charge >= 0.3 is 0 Å². The lowest BCUT2D eigenvalue weighted by atomic mass is 10.3. The van der Waals surface area contributed by atoms with E-state index < -0.39 is 0 Å². The molecule has 0 fully saturated rings. The Morgan fingerprint density at radius 1 is 1.40 bits per heavy atom. The molecule has 0 aliphatic carbocycles. The average molecular weight is 284 g/mol. The number of hydrogen-bond acceptors (Lipinski definition) is 3. The summed E-state index contributed by atoms with van der Waals surface area (Å²) in [5, 5.41) is 3.03. The number of benzene rings is 1. The average Bonchev–Trinajstić information content (AvgIpc) is 2.63. The van der Waals surface area contributed by atoms with Gasteiger partial charge in [-0.25, -0.2) is 4.98 Å². The van der Waals surface area contributed by atoms with E-state index in [0.29, 0.717) is 6.61 Å². The minimum absolute atomic E-state index is 0.529. The first kappa shape index (κ1) is 10.6. The third-order valence-corrected chi connectivity index (χ3v) is 3.45. The van der Waals surface area contributed by atoms with Crippen molar-refractivity contribution in [2.45, 2.75) is 13.5 Å². The van der Waals surface area contributed by atoms with Crippen LogP contribution in [0.1, 0.15) is 10.7 Å². The SMILES string of the molecule is Cc1csc(COc2ccccc2Br)n1. The maximum Gasteiger partial charge on any atom is 0.140 e. The fraction of sp³-hybridized carbons (Fsp3) is 0.182. The topological polar surface area (TPSA) is 22.1 Å². The lowest BCUT2D eigenvalue weighted by Crippen LogP contribution is -1.95. The molecule has 0 aliphatic heterocycles. The Balaban J connectivity index is 2.02. The van der Waals surface area contributed by atoms with Crippen molar-refractivity contribution in [3.63, 3.8) is 0 Å². The molecule has 4 heteroatoms. The van der Waals surface area contributed by atoms with Crippen LogP contribution in [0.5, 0.6) is 5.75 Å². The van der Waals surface area contributed by atoms with Gasteiger partial charge in [-0.3, -0.25) is 0 Å². The zero-order valence-electron chi connectivity index (χ0n) is 8.24. The number of ether oxygens (including phenoxy) is 1. The number of rotatable bonds is 3. The standard InChI is InChI=1S/C11H10BrNOS/c1-8-7-15-11(13-8)6-14-10-5-3-2-4-9(10)12/h2-5,7H,6H2,1H3. The summed E-state index contributed by atoms with van der Waals surface area (Å²) in [6, 6.07) is 7.81. The van der Waals surface area contributed by atoms with Crippen LogP contribution in [0.25, 0.3) is 0 Å². The quantitative estimate of drug-likeness (QED) is 0.855. The first-order valence-corrected chi connectivity index (χ1v) is 6.21. The molecule has 0 atom stereocenters. The Morgan fingerprint density at radius 3 is 2.87 bits per heavy atom. The molecule has 0 aliphatic rings. The second-order valence-corrected chi connectivity index (χ2v) is 4.90. The predicted octanol–water partition coefficient (Wildman–Crippen LogP) is 3.79. The maximum absolute atomic E-state index is 5.64. The lowest BCUT2D eigenvalue weighted by Gasteiger charge is -2.05. The van der Waals surface area contributed by atoms with Gasteiger partial charge in [0.1, 0.15) is 17.4 Å². The van der Waals surface area contributed by atoms with Gasteiger partial charge in [0.2, 0.25) is 0 Å². The summed E-state index contributed by atoms with van der Waals surface area (Å²) >= 11 is 5.06. The van der Waals surface area contributed by atoms with Crippen molar-refractivity contribution in [2.24, 2.45) is 0 Å². The van der Waals surface area contributed by atoms with Gasteiger partial charge in [-0.15, -0.1) is 11.3 Å². The highest BCUT2D eigenvalue weighted by Gasteiger charge is 2.02. The number of thiazole rings is 1. The van der Waals surface area contributed by atoms with Crippen LogP contribution >= 0.6 is 27.3 Å². The molecule has 1 aromatic heterocycles. The predicted molar refractivity (Wildman–Crippen MR) is 65.3 cm³/mol. The summed E-state index contributed by atoms with van der Waals surface area (Å²) in [5.74, 6) is 0.852.